The Morgan fingerprint density at radius 1 is 1.43 bits per heavy atom. The van der Waals surface area contributed by atoms with Gasteiger partial charge in [-0.3, -0.25) is 4.68 Å². The lowest BCUT2D eigenvalue weighted by Crippen LogP contribution is -2.41. The zero-order chi connectivity index (χ0) is 16.4. The van der Waals surface area contributed by atoms with E-state index in [1.54, 1.807) is 10.9 Å². The molecule has 122 valence electrons. The van der Waals surface area contributed by atoms with Gasteiger partial charge in [0.2, 0.25) is 0 Å². The maximum Gasteiger partial charge on any atom is 0.322 e. The summed E-state index contributed by atoms with van der Waals surface area (Å²) in [6.07, 6.45) is 5.42. The van der Waals surface area contributed by atoms with Crippen LogP contribution >= 0.6 is 11.6 Å². The summed E-state index contributed by atoms with van der Waals surface area (Å²) in [5.41, 5.74) is 2.80. The predicted octanol–water partition coefficient (Wildman–Crippen LogP) is 3.24. The van der Waals surface area contributed by atoms with Gasteiger partial charge in [-0.2, -0.15) is 0 Å². The number of rotatable bonds is 3. The van der Waals surface area contributed by atoms with Gasteiger partial charge in [0.1, 0.15) is 0 Å². The number of benzene rings is 1. The normalized spacial score (nSPS) is 17.5. The lowest BCUT2D eigenvalue weighted by molar-refractivity contribution is 0.199. The van der Waals surface area contributed by atoms with Crippen molar-refractivity contribution in [1.82, 2.24) is 19.9 Å². The van der Waals surface area contributed by atoms with Crippen molar-refractivity contribution < 1.29 is 4.79 Å². The van der Waals surface area contributed by atoms with Crippen LogP contribution in [0.25, 0.3) is 0 Å². The van der Waals surface area contributed by atoms with E-state index in [9.17, 15) is 4.79 Å². The maximum absolute atomic E-state index is 12.7. The third-order valence-corrected chi connectivity index (χ3v) is 4.74. The first-order valence-electron chi connectivity index (χ1n) is 7.73. The molecular formula is C16H20ClN5O. The van der Waals surface area contributed by atoms with Crippen LogP contribution in [0.3, 0.4) is 0 Å². The fraction of sp³-hybridized carbons (Fsp3) is 0.438. The zero-order valence-electron chi connectivity index (χ0n) is 13.3. The molecule has 6 nitrogen and oxygen atoms in total. The van der Waals surface area contributed by atoms with Crippen molar-refractivity contribution in [3.05, 3.63) is 40.7 Å². The molecule has 1 aromatic carbocycles. The highest BCUT2D eigenvalue weighted by Gasteiger charge is 2.29. The molecule has 23 heavy (non-hydrogen) atoms. The van der Waals surface area contributed by atoms with Gasteiger partial charge in [0.15, 0.2) is 0 Å². The molecule has 1 aliphatic rings. The Hall–Kier alpha value is -2.08. The predicted molar refractivity (Wildman–Crippen MR) is 89.7 cm³/mol. The summed E-state index contributed by atoms with van der Waals surface area (Å²) in [5, 5.41) is 11.3. The van der Waals surface area contributed by atoms with E-state index < -0.39 is 0 Å². The number of carbonyl (C=O) groups excluding carboxylic acids is 1. The second-order valence-corrected chi connectivity index (χ2v) is 6.32. The molecule has 1 aliphatic heterocycles. The van der Waals surface area contributed by atoms with Crippen molar-refractivity contribution in [2.24, 2.45) is 0 Å². The van der Waals surface area contributed by atoms with Crippen LogP contribution in [-0.2, 0) is 6.54 Å². The first-order chi connectivity index (χ1) is 11.1. The highest BCUT2D eigenvalue weighted by molar-refractivity contribution is 6.34. The first-order valence-corrected chi connectivity index (χ1v) is 8.11. The number of nitrogens with zero attached hydrogens (tertiary/aromatic N) is 4. The molecule has 0 aliphatic carbocycles. The summed E-state index contributed by atoms with van der Waals surface area (Å²) >= 11 is 6.25. The number of likely N-dealkylation sites (tertiary alicyclic amines) is 1. The van der Waals surface area contributed by atoms with Crippen LogP contribution in [0.1, 0.15) is 24.0 Å². The van der Waals surface area contributed by atoms with E-state index >= 15 is 0 Å². The average Bonchev–Trinajstić information content (AvgIpc) is 3.20. The van der Waals surface area contributed by atoms with Crippen molar-refractivity contribution in [3.8, 4) is 0 Å². The van der Waals surface area contributed by atoms with Gasteiger partial charge in [0.25, 0.3) is 0 Å². The molecule has 0 saturated carbocycles. The molecule has 1 fully saturated rings. The Morgan fingerprint density at radius 3 is 3.00 bits per heavy atom. The highest BCUT2D eigenvalue weighted by atomic mass is 35.5. The van der Waals surface area contributed by atoms with E-state index in [1.807, 2.05) is 37.1 Å². The van der Waals surface area contributed by atoms with Crippen molar-refractivity contribution >= 4 is 23.3 Å². The number of hydrogen-bond donors (Lipinski definition) is 1. The summed E-state index contributed by atoms with van der Waals surface area (Å²) < 4.78 is 1.77. The number of anilines is 1. The Morgan fingerprint density at radius 2 is 2.26 bits per heavy atom. The molecule has 0 bridgehead atoms. The topological polar surface area (TPSA) is 63.1 Å². The Balaban J connectivity index is 1.74. The molecule has 2 heterocycles. The number of hydrogen-bond acceptors (Lipinski definition) is 3. The molecule has 1 aromatic heterocycles. The van der Waals surface area contributed by atoms with Crippen molar-refractivity contribution in [1.29, 1.82) is 0 Å². The van der Waals surface area contributed by atoms with Gasteiger partial charge < -0.3 is 10.2 Å². The lowest BCUT2D eigenvalue weighted by Gasteiger charge is -2.25. The van der Waals surface area contributed by atoms with Crippen molar-refractivity contribution in [2.75, 3.05) is 11.9 Å². The Kier molecular flexibility index (Phi) is 4.52. The van der Waals surface area contributed by atoms with Gasteiger partial charge in [0.05, 0.1) is 29.5 Å². The first kappa shape index (κ1) is 15.8. The summed E-state index contributed by atoms with van der Waals surface area (Å²) in [4.78, 5) is 14.5. The number of nitrogens with one attached hydrogen (secondary N) is 1. The number of urea groups is 1. The fourth-order valence-electron chi connectivity index (χ4n) is 2.95. The van der Waals surface area contributed by atoms with Gasteiger partial charge in [-0.15, -0.1) is 5.10 Å². The standard InChI is InChI=1S/C16H20ClN5O/c1-11-5-6-14(17)15(12(11)2)19-16(23)22-8-3-4-13(22)10-21-9-7-18-20-21/h5-7,9,13H,3-4,8,10H2,1-2H3,(H,19,23)/t13-/m0/s1. The van der Waals surface area contributed by atoms with E-state index in [0.29, 0.717) is 17.3 Å². The van der Waals surface area contributed by atoms with Gasteiger partial charge >= 0.3 is 6.03 Å². The second kappa shape index (κ2) is 6.58. The van der Waals surface area contributed by atoms with Gasteiger partial charge in [0, 0.05) is 12.7 Å². The molecular weight excluding hydrogens is 314 g/mol. The summed E-state index contributed by atoms with van der Waals surface area (Å²) in [6.45, 7) is 5.38. The highest BCUT2D eigenvalue weighted by Crippen LogP contribution is 2.29. The minimum Gasteiger partial charge on any atom is -0.320 e. The zero-order valence-corrected chi connectivity index (χ0v) is 14.0. The van der Waals surface area contributed by atoms with Crippen LogP contribution in [0.15, 0.2) is 24.5 Å². The summed E-state index contributed by atoms with van der Waals surface area (Å²) in [6, 6.07) is 3.79. The minimum atomic E-state index is -0.108. The van der Waals surface area contributed by atoms with Crippen LogP contribution in [0, 0.1) is 13.8 Å². The van der Waals surface area contributed by atoms with E-state index in [4.69, 9.17) is 11.6 Å². The van der Waals surface area contributed by atoms with Crippen molar-refractivity contribution in [3.63, 3.8) is 0 Å². The largest absolute Gasteiger partial charge is 0.322 e. The quantitative estimate of drug-likeness (QED) is 0.937. The average molecular weight is 334 g/mol. The van der Waals surface area contributed by atoms with Gasteiger partial charge in [-0.25, -0.2) is 4.79 Å². The number of halogens is 1. The molecule has 1 saturated heterocycles. The molecule has 1 atom stereocenters. The molecule has 2 aromatic rings. The molecule has 2 amide bonds. The van der Waals surface area contributed by atoms with E-state index in [2.05, 4.69) is 15.6 Å². The van der Waals surface area contributed by atoms with E-state index in [-0.39, 0.29) is 12.1 Å². The third-order valence-electron chi connectivity index (χ3n) is 4.42. The molecule has 7 heteroatoms. The number of amides is 2. The van der Waals surface area contributed by atoms with Crippen LogP contribution in [0.5, 0.6) is 0 Å². The Labute approximate surface area is 140 Å². The van der Waals surface area contributed by atoms with Gasteiger partial charge in [-0.1, -0.05) is 22.9 Å². The number of aryl methyl sites for hydroxylation is 1. The van der Waals surface area contributed by atoms with Crippen LogP contribution in [0.4, 0.5) is 10.5 Å². The Bertz CT molecular complexity index is 701. The van der Waals surface area contributed by atoms with E-state index in [1.165, 1.54) is 0 Å². The SMILES string of the molecule is Cc1ccc(Cl)c(NC(=O)N2CCC[C@H]2Cn2ccnn2)c1C. The third kappa shape index (κ3) is 3.32. The summed E-state index contributed by atoms with van der Waals surface area (Å²) in [5.74, 6) is 0. The molecule has 0 radical (unpaired) electrons. The maximum atomic E-state index is 12.7. The van der Waals surface area contributed by atoms with Crippen LogP contribution in [-0.4, -0.2) is 38.5 Å². The van der Waals surface area contributed by atoms with Crippen LogP contribution < -0.4 is 5.32 Å². The number of carbonyl (C=O) groups is 1. The molecule has 3 rings (SSSR count). The van der Waals surface area contributed by atoms with Gasteiger partial charge in [-0.05, 0) is 43.9 Å². The smallest absolute Gasteiger partial charge is 0.320 e. The lowest BCUT2D eigenvalue weighted by atomic mass is 10.1. The molecule has 0 spiro atoms. The van der Waals surface area contributed by atoms with Crippen molar-refractivity contribution in [2.45, 2.75) is 39.3 Å². The fourth-order valence-corrected chi connectivity index (χ4v) is 3.21. The molecule has 0 unspecified atom stereocenters. The molecule has 1 N–H and O–H groups in total. The summed E-state index contributed by atoms with van der Waals surface area (Å²) in [7, 11) is 0. The van der Waals surface area contributed by atoms with Crippen LogP contribution in [0.2, 0.25) is 5.02 Å². The van der Waals surface area contributed by atoms with E-state index in [0.717, 1.165) is 30.5 Å². The second-order valence-electron chi connectivity index (χ2n) is 5.91. The number of aromatic nitrogens is 3. The minimum absolute atomic E-state index is 0.108. The monoisotopic (exact) mass is 333 g/mol.